The van der Waals surface area contributed by atoms with Crippen LogP contribution in [0.2, 0.25) is 0 Å². The lowest BCUT2D eigenvalue weighted by atomic mass is 10.5. The van der Waals surface area contributed by atoms with Gasteiger partial charge in [0.2, 0.25) is 0 Å². The molecule has 1 rings (SSSR count). The summed E-state index contributed by atoms with van der Waals surface area (Å²) in [6.45, 7) is 2.12. The van der Waals surface area contributed by atoms with Crippen LogP contribution in [0.3, 0.4) is 0 Å². The third-order valence-electron chi connectivity index (χ3n) is 1.31. The molecule has 0 amide bonds. The number of hydrogen-bond donors (Lipinski definition) is 1. The van der Waals surface area contributed by atoms with Crippen LogP contribution in [0.25, 0.3) is 0 Å². The van der Waals surface area contributed by atoms with Gasteiger partial charge in [0, 0.05) is 6.92 Å². The third kappa shape index (κ3) is 0.722. The Balaban J connectivity index is 2.69. The van der Waals surface area contributed by atoms with Crippen molar-refractivity contribution in [3.8, 4) is 0 Å². The molecule has 0 aromatic rings. The van der Waals surface area contributed by atoms with E-state index in [1.165, 1.54) is 10.6 Å². The summed E-state index contributed by atoms with van der Waals surface area (Å²) in [5, 5.41) is 0. The lowest BCUT2D eigenvalue weighted by Gasteiger charge is -1.99. The van der Waals surface area contributed by atoms with Crippen LogP contribution < -0.4 is 4.90 Å². The van der Waals surface area contributed by atoms with Gasteiger partial charge in [-0.25, -0.2) is 0 Å². The van der Waals surface area contributed by atoms with Crippen molar-refractivity contribution in [2.75, 3.05) is 7.05 Å². The van der Waals surface area contributed by atoms with Gasteiger partial charge in [-0.15, -0.1) is 0 Å². The Morgan fingerprint density at radius 3 is 2.43 bits per heavy atom. The zero-order valence-electron chi connectivity index (χ0n) is 4.73. The summed E-state index contributed by atoms with van der Waals surface area (Å²) >= 11 is 0. The average Bonchev–Trinajstić information content (AvgIpc) is 1.91. The standard InChI is InChI=1S/C6H9N/c1-6-4-3-5-7(6)2/h3-5H,1-2H3/p+1. The fourth-order valence-electron chi connectivity index (χ4n) is 0.600. The Hall–Kier alpha value is -0.560. The molecule has 1 aliphatic heterocycles. The van der Waals surface area contributed by atoms with E-state index in [0.29, 0.717) is 0 Å². The summed E-state index contributed by atoms with van der Waals surface area (Å²) in [6.07, 6.45) is 6.31. The second-order valence-electron chi connectivity index (χ2n) is 1.89. The summed E-state index contributed by atoms with van der Waals surface area (Å²) in [4.78, 5) is 1.39. The van der Waals surface area contributed by atoms with E-state index in [1.807, 2.05) is 0 Å². The van der Waals surface area contributed by atoms with Crippen molar-refractivity contribution in [1.29, 1.82) is 0 Å². The van der Waals surface area contributed by atoms with Gasteiger partial charge in [0.1, 0.15) is 5.70 Å². The largest absolute Gasteiger partial charge is 0.283 e. The van der Waals surface area contributed by atoms with Crippen LogP contribution in [0, 0.1) is 0 Å². The van der Waals surface area contributed by atoms with Crippen LogP contribution in [0.15, 0.2) is 24.0 Å². The molecule has 1 aliphatic rings. The maximum absolute atomic E-state index is 2.12. The Kier molecular flexibility index (Phi) is 0.988. The number of hydrogen-bond acceptors (Lipinski definition) is 0. The predicted molar refractivity (Wildman–Crippen MR) is 29.8 cm³/mol. The van der Waals surface area contributed by atoms with E-state index < -0.39 is 0 Å². The second-order valence-corrected chi connectivity index (χ2v) is 1.89. The molecular weight excluding hydrogens is 86.1 g/mol. The van der Waals surface area contributed by atoms with Crippen LogP contribution in [-0.2, 0) is 0 Å². The molecule has 1 N–H and O–H groups in total. The van der Waals surface area contributed by atoms with Crippen LogP contribution in [0.5, 0.6) is 0 Å². The number of quaternary nitrogens is 1. The third-order valence-corrected chi connectivity index (χ3v) is 1.31. The molecule has 0 fully saturated rings. The monoisotopic (exact) mass is 96.1 g/mol. The molecule has 1 unspecified atom stereocenters. The fourth-order valence-corrected chi connectivity index (χ4v) is 0.600. The molecule has 38 valence electrons. The fraction of sp³-hybridized carbons (Fsp3) is 0.333. The van der Waals surface area contributed by atoms with E-state index in [1.54, 1.807) is 0 Å². The normalized spacial score (nSPS) is 28.3. The van der Waals surface area contributed by atoms with Gasteiger partial charge >= 0.3 is 0 Å². The van der Waals surface area contributed by atoms with Gasteiger partial charge in [-0.3, -0.25) is 4.90 Å². The van der Waals surface area contributed by atoms with Crippen LogP contribution in [0.1, 0.15) is 6.92 Å². The Morgan fingerprint density at radius 1 is 1.57 bits per heavy atom. The molecule has 0 spiro atoms. The summed E-state index contributed by atoms with van der Waals surface area (Å²) in [5.74, 6) is 0. The zero-order chi connectivity index (χ0) is 5.28. The molecule has 1 heteroatoms. The molecule has 1 atom stereocenters. The number of nitrogens with one attached hydrogen (secondary N) is 1. The maximum atomic E-state index is 2.12. The molecular formula is C6H10N+. The number of rotatable bonds is 0. The maximum Gasteiger partial charge on any atom is 0.109 e. The van der Waals surface area contributed by atoms with Crippen LogP contribution >= 0.6 is 0 Å². The van der Waals surface area contributed by atoms with Crippen molar-refractivity contribution in [3.63, 3.8) is 0 Å². The molecule has 0 bridgehead atoms. The highest BCUT2D eigenvalue weighted by molar-refractivity contribution is 5.07. The molecule has 1 heterocycles. The van der Waals surface area contributed by atoms with Crippen molar-refractivity contribution in [1.82, 2.24) is 0 Å². The quantitative estimate of drug-likeness (QED) is 0.430. The molecule has 0 aromatic heterocycles. The first-order valence-electron chi connectivity index (χ1n) is 2.49. The average molecular weight is 96.2 g/mol. The van der Waals surface area contributed by atoms with Crippen LogP contribution in [0.4, 0.5) is 0 Å². The van der Waals surface area contributed by atoms with Crippen molar-refractivity contribution in [2.24, 2.45) is 0 Å². The summed E-state index contributed by atoms with van der Waals surface area (Å²) in [5.41, 5.74) is 1.39. The molecule has 0 aliphatic carbocycles. The van der Waals surface area contributed by atoms with E-state index in [0.717, 1.165) is 0 Å². The van der Waals surface area contributed by atoms with Crippen molar-refractivity contribution < 1.29 is 4.90 Å². The van der Waals surface area contributed by atoms with Crippen molar-refractivity contribution >= 4 is 0 Å². The molecule has 1 nitrogen and oxygen atoms in total. The minimum atomic E-state index is 1.39. The highest BCUT2D eigenvalue weighted by Crippen LogP contribution is 1.85. The Morgan fingerprint density at radius 2 is 2.29 bits per heavy atom. The Labute approximate surface area is 43.9 Å². The SMILES string of the molecule is CC1=CC=C[NH+]1C. The lowest BCUT2D eigenvalue weighted by molar-refractivity contribution is -0.778. The van der Waals surface area contributed by atoms with E-state index in [4.69, 9.17) is 0 Å². The van der Waals surface area contributed by atoms with Gasteiger partial charge in [0.15, 0.2) is 0 Å². The highest BCUT2D eigenvalue weighted by Gasteiger charge is 2.02. The summed E-state index contributed by atoms with van der Waals surface area (Å²) in [6, 6.07) is 0. The highest BCUT2D eigenvalue weighted by atomic mass is 15.1. The first-order valence-corrected chi connectivity index (χ1v) is 2.49. The van der Waals surface area contributed by atoms with Gasteiger partial charge in [0.05, 0.1) is 13.2 Å². The van der Waals surface area contributed by atoms with Crippen LogP contribution in [-0.4, -0.2) is 7.05 Å². The summed E-state index contributed by atoms with van der Waals surface area (Å²) < 4.78 is 0. The van der Waals surface area contributed by atoms with Gasteiger partial charge in [-0.05, 0) is 12.2 Å². The smallest absolute Gasteiger partial charge is 0.109 e. The molecule has 7 heavy (non-hydrogen) atoms. The van der Waals surface area contributed by atoms with Gasteiger partial charge < -0.3 is 0 Å². The second kappa shape index (κ2) is 1.51. The lowest BCUT2D eigenvalue weighted by Crippen LogP contribution is -3.00. The van der Waals surface area contributed by atoms with E-state index in [9.17, 15) is 0 Å². The van der Waals surface area contributed by atoms with Gasteiger partial charge in [-0.1, -0.05) is 0 Å². The first-order chi connectivity index (χ1) is 3.30. The predicted octanol–water partition coefficient (Wildman–Crippen LogP) is -0.0678. The van der Waals surface area contributed by atoms with E-state index in [2.05, 4.69) is 32.3 Å². The van der Waals surface area contributed by atoms with Gasteiger partial charge in [-0.2, -0.15) is 0 Å². The first kappa shape index (κ1) is 4.60. The van der Waals surface area contributed by atoms with Gasteiger partial charge in [0.25, 0.3) is 0 Å². The molecule has 0 saturated heterocycles. The molecule has 0 saturated carbocycles. The van der Waals surface area contributed by atoms with Crippen molar-refractivity contribution in [3.05, 3.63) is 24.0 Å². The van der Waals surface area contributed by atoms with E-state index in [-0.39, 0.29) is 0 Å². The zero-order valence-corrected chi connectivity index (χ0v) is 4.73. The Bertz CT molecular complexity index is 122. The minimum absolute atomic E-state index is 1.39. The molecule has 0 radical (unpaired) electrons. The van der Waals surface area contributed by atoms with E-state index >= 15 is 0 Å². The molecule has 0 aromatic carbocycles. The minimum Gasteiger partial charge on any atom is -0.283 e. The van der Waals surface area contributed by atoms with Crippen molar-refractivity contribution in [2.45, 2.75) is 6.92 Å². The number of allylic oxidation sites excluding steroid dienone is 3. The summed E-state index contributed by atoms with van der Waals surface area (Å²) in [7, 11) is 2.12. The topological polar surface area (TPSA) is 4.44 Å².